The first-order valence-electron chi connectivity index (χ1n) is 9.85. The Bertz CT molecular complexity index is 748. The van der Waals surface area contributed by atoms with Gasteiger partial charge in [-0.15, -0.1) is 0 Å². The van der Waals surface area contributed by atoms with Crippen molar-refractivity contribution in [1.82, 2.24) is 19.6 Å². The van der Waals surface area contributed by atoms with E-state index < -0.39 is 5.60 Å². The van der Waals surface area contributed by atoms with Gasteiger partial charge in [-0.3, -0.25) is 14.5 Å². The molecule has 0 spiro atoms. The first kappa shape index (κ1) is 20.0. The van der Waals surface area contributed by atoms with Gasteiger partial charge in [0.2, 0.25) is 5.91 Å². The third kappa shape index (κ3) is 4.76. The molecule has 27 heavy (non-hydrogen) atoms. The highest BCUT2D eigenvalue weighted by molar-refractivity contribution is 5.73. The van der Waals surface area contributed by atoms with Crippen LogP contribution in [-0.2, 0) is 16.8 Å². The minimum Gasteiger partial charge on any atom is -0.387 e. The molecule has 0 radical (unpaired) electrons. The quantitative estimate of drug-likeness (QED) is 0.843. The number of amides is 1. The van der Waals surface area contributed by atoms with Crippen LogP contribution in [-0.4, -0.2) is 68.9 Å². The summed E-state index contributed by atoms with van der Waals surface area (Å²) in [6.07, 6.45) is 1.57. The SMILES string of the molecule is CC(=O)N1CCCC(O)(CN2CC(Cn3nc(C(C)(C)C)ccc3=O)C2)C1. The highest BCUT2D eigenvalue weighted by Crippen LogP contribution is 2.26. The Kier molecular flexibility index (Phi) is 5.45. The zero-order valence-electron chi connectivity index (χ0n) is 16.9. The van der Waals surface area contributed by atoms with Gasteiger partial charge >= 0.3 is 0 Å². The lowest BCUT2D eigenvalue weighted by atomic mass is 9.89. The van der Waals surface area contributed by atoms with Crippen molar-refractivity contribution in [3.8, 4) is 0 Å². The Morgan fingerprint density at radius 2 is 2.04 bits per heavy atom. The van der Waals surface area contributed by atoms with Crippen molar-refractivity contribution in [1.29, 1.82) is 0 Å². The van der Waals surface area contributed by atoms with E-state index in [0.717, 1.165) is 38.2 Å². The van der Waals surface area contributed by atoms with Gasteiger partial charge in [-0.1, -0.05) is 20.8 Å². The van der Waals surface area contributed by atoms with Crippen LogP contribution in [0.1, 0.15) is 46.2 Å². The highest BCUT2D eigenvalue weighted by atomic mass is 16.3. The van der Waals surface area contributed by atoms with Gasteiger partial charge in [0.1, 0.15) is 0 Å². The number of hydrogen-bond donors (Lipinski definition) is 1. The molecule has 3 heterocycles. The third-order valence-corrected chi connectivity index (χ3v) is 5.62. The molecule has 1 N–H and O–H groups in total. The van der Waals surface area contributed by atoms with Crippen LogP contribution in [0.25, 0.3) is 0 Å². The lowest BCUT2D eigenvalue weighted by molar-refractivity contribution is -0.138. The largest absolute Gasteiger partial charge is 0.387 e. The number of hydrogen-bond acceptors (Lipinski definition) is 5. The van der Waals surface area contributed by atoms with Crippen LogP contribution in [0.2, 0.25) is 0 Å². The molecule has 7 heteroatoms. The van der Waals surface area contributed by atoms with Gasteiger partial charge in [0, 0.05) is 50.5 Å². The predicted octanol–water partition coefficient (Wildman–Crippen LogP) is 0.846. The molecule has 2 fully saturated rings. The van der Waals surface area contributed by atoms with Crippen LogP contribution in [0.15, 0.2) is 16.9 Å². The zero-order valence-corrected chi connectivity index (χ0v) is 16.9. The van der Waals surface area contributed by atoms with E-state index in [4.69, 9.17) is 0 Å². The molecule has 0 saturated carbocycles. The minimum atomic E-state index is -0.823. The number of nitrogens with zero attached hydrogens (tertiary/aromatic N) is 4. The topological polar surface area (TPSA) is 78.7 Å². The summed E-state index contributed by atoms with van der Waals surface area (Å²) in [7, 11) is 0. The molecule has 2 aliphatic heterocycles. The van der Waals surface area contributed by atoms with E-state index in [0.29, 0.717) is 25.6 Å². The second kappa shape index (κ2) is 7.36. The van der Waals surface area contributed by atoms with Gasteiger partial charge in [-0.05, 0) is 18.9 Å². The normalized spacial score (nSPS) is 24.7. The fraction of sp³-hybridized carbons (Fsp3) is 0.750. The molecule has 2 saturated heterocycles. The molecule has 0 aromatic carbocycles. The lowest BCUT2D eigenvalue weighted by Gasteiger charge is -2.46. The van der Waals surface area contributed by atoms with Gasteiger partial charge in [-0.25, -0.2) is 4.68 Å². The second-order valence-corrected chi connectivity index (χ2v) is 9.32. The molecular formula is C20H32N4O3. The van der Waals surface area contributed by atoms with Crippen LogP contribution >= 0.6 is 0 Å². The highest BCUT2D eigenvalue weighted by Gasteiger charge is 2.39. The van der Waals surface area contributed by atoms with Crippen molar-refractivity contribution in [2.24, 2.45) is 5.92 Å². The zero-order chi connectivity index (χ0) is 19.8. The van der Waals surface area contributed by atoms with Gasteiger partial charge in [0.25, 0.3) is 5.56 Å². The summed E-state index contributed by atoms with van der Waals surface area (Å²) in [6.45, 7) is 11.8. The maximum absolute atomic E-state index is 12.1. The van der Waals surface area contributed by atoms with Gasteiger partial charge < -0.3 is 10.0 Å². The van der Waals surface area contributed by atoms with E-state index in [1.165, 1.54) is 0 Å². The van der Waals surface area contributed by atoms with E-state index in [2.05, 4.69) is 30.8 Å². The summed E-state index contributed by atoms with van der Waals surface area (Å²) in [5.41, 5.74) is -0.0621. The van der Waals surface area contributed by atoms with Crippen LogP contribution < -0.4 is 5.56 Å². The molecule has 1 unspecified atom stereocenters. The number of aliphatic hydroxyl groups is 1. The lowest BCUT2D eigenvalue weighted by Crippen LogP contribution is -2.60. The summed E-state index contributed by atoms with van der Waals surface area (Å²) in [6, 6.07) is 3.41. The van der Waals surface area contributed by atoms with E-state index >= 15 is 0 Å². The molecule has 1 amide bonds. The average Bonchev–Trinajstić information content (AvgIpc) is 2.53. The Balaban J connectivity index is 1.55. The summed E-state index contributed by atoms with van der Waals surface area (Å²) in [4.78, 5) is 27.7. The van der Waals surface area contributed by atoms with E-state index in [1.807, 2.05) is 6.07 Å². The van der Waals surface area contributed by atoms with Crippen LogP contribution in [0, 0.1) is 5.92 Å². The number of likely N-dealkylation sites (tertiary alicyclic amines) is 2. The number of rotatable bonds is 4. The fourth-order valence-electron chi connectivity index (χ4n) is 4.07. The predicted molar refractivity (Wildman–Crippen MR) is 104 cm³/mol. The molecule has 2 aliphatic rings. The third-order valence-electron chi connectivity index (χ3n) is 5.62. The van der Waals surface area contributed by atoms with Crippen molar-refractivity contribution in [3.63, 3.8) is 0 Å². The minimum absolute atomic E-state index is 0.0267. The van der Waals surface area contributed by atoms with E-state index in [-0.39, 0.29) is 16.9 Å². The summed E-state index contributed by atoms with van der Waals surface area (Å²) < 4.78 is 1.58. The Hall–Kier alpha value is -1.73. The molecule has 1 aromatic heterocycles. The summed E-state index contributed by atoms with van der Waals surface area (Å²) in [5, 5.41) is 15.4. The van der Waals surface area contributed by atoms with Crippen LogP contribution in [0.3, 0.4) is 0 Å². The Labute approximate surface area is 161 Å². The standard InChI is InChI=1S/C20H32N4O3/c1-15(25)23-9-5-8-20(27,14-23)13-22-10-16(11-22)12-24-18(26)7-6-17(21-24)19(2,3)4/h6-7,16,27H,5,8-14H2,1-4H3. The first-order valence-corrected chi connectivity index (χ1v) is 9.85. The Morgan fingerprint density at radius 3 is 2.67 bits per heavy atom. The average molecular weight is 377 g/mol. The van der Waals surface area contributed by atoms with Crippen molar-refractivity contribution in [3.05, 3.63) is 28.2 Å². The van der Waals surface area contributed by atoms with Crippen molar-refractivity contribution in [2.45, 2.75) is 58.1 Å². The Morgan fingerprint density at radius 1 is 1.33 bits per heavy atom. The molecule has 0 aliphatic carbocycles. The molecule has 150 valence electrons. The van der Waals surface area contributed by atoms with Crippen LogP contribution in [0.4, 0.5) is 0 Å². The van der Waals surface area contributed by atoms with Crippen molar-refractivity contribution < 1.29 is 9.90 Å². The molecule has 0 bridgehead atoms. The van der Waals surface area contributed by atoms with Gasteiger partial charge in [-0.2, -0.15) is 5.10 Å². The number of β-amino-alcohol motifs (C(OH)–C–C–N with tert-alkyl or cyclic N) is 1. The number of aromatic nitrogens is 2. The second-order valence-electron chi connectivity index (χ2n) is 9.32. The maximum atomic E-state index is 12.1. The number of carbonyl (C=O) groups is 1. The molecule has 1 aromatic rings. The van der Waals surface area contributed by atoms with Crippen LogP contribution in [0.5, 0.6) is 0 Å². The first-order chi connectivity index (χ1) is 12.6. The maximum Gasteiger partial charge on any atom is 0.266 e. The monoisotopic (exact) mass is 376 g/mol. The number of carbonyl (C=O) groups excluding carboxylic acids is 1. The fourth-order valence-corrected chi connectivity index (χ4v) is 4.07. The molecule has 7 nitrogen and oxygen atoms in total. The molecule has 3 rings (SSSR count). The molecular weight excluding hydrogens is 344 g/mol. The summed E-state index contributed by atoms with van der Waals surface area (Å²) in [5.74, 6) is 0.389. The van der Waals surface area contributed by atoms with Crippen molar-refractivity contribution in [2.75, 3.05) is 32.7 Å². The van der Waals surface area contributed by atoms with E-state index in [1.54, 1.807) is 22.6 Å². The summed E-state index contributed by atoms with van der Waals surface area (Å²) >= 11 is 0. The number of piperidine rings is 1. The van der Waals surface area contributed by atoms with Crippen molar-refractivity contribution >= 4 is 5.91 Å². The smallest absolute Gasteiger partial charge is 0.266 e. The molecule has 1 atom stereocenters. The van der Waals surface area contributed by atoms with Gasteiger partial charge in [0.05, 0.1) is 24.4 Å². The van der Waals surface area contributed by atoms with E-state index in [9.17, 15) is 14.7 Å². The van der Waals surface area contributed by atoms with Gasteiger partial charge in [0.15, 0.2) is 0 Å².